The van der Waals surface area contributed by atoms with Crippen LogP contribution in [0.4, 0.5) is 11.8 Å². The molecule has 0 amide bonds. The van der Waals surface area contributed by atoms with E-state index in [2.05, 4.69) is 30.1 Å². The number of aromatic nitrogens is 4. The Morgan fingerprint density at radius 2 is 2.12 bits per heavy atom. The van der Waals surface area contributed by atoms with Crippen LogP contribution in [0.1, 0.15) is 26.5 Å². The second-order valence-electron chi connectivity index (χ2n) is 10.0. The van der Waals surface area contributed by atoms with Gasteiger partial charge in [0.05, 0.1) is 26.1 Å². The second-order valence-corrected chi connectivity index (χ2v) is 11.7. The fraction of sp³-hybridized carbons (Fsp3) is 0.500. The number of aliphatic hydroxyl groups is 1. The predicted octanol–water partition coefficient (Wildman–Crippen LogP) is 2.30. The first-order valence-corrected chi connectivity index (χ1v) is 14.6. The van der Waals surface area contributed by atoms with Gasteiger partial charge in [0, 0.05) is 18.0 Å². The number of carbonyl (C=O) groups is 1. The summed E-state index contributed by atoms with van der Waals surface area (Å²) in [6.07, 6.45) is -1.27. The molecule has 2 aliphatic rings. The predicted molar refractivity (Wildman–Crippen MR) is 149 cm³/mol. The van der Waals surface area contributed by atoms with E-state index in [0.29, 0.717) is 17.0 Å². The first-order chi connectivity index (χ1) is 20.1. The number of aliphatic hydroxyl groups excluding tert-OH is 1. The van der Waals surface area contributed by atoms with Gasteiger partial charge in [0.1, 0.15) is 23.4 Å². The summed E-state index contributed by atoms with van der Waals surface area (Å²) < 4.78 is 37.5. The zero-order valence-electron chi connectivity index (χ0n) is 23.1. The van der Waals surface area contributed by atoms with E-state index >= 15 is 0 Å². The van der Waals surface area contributed by atoms with Crippen LogP contribution in [0.5, 0.6) is 5.75 Å². The molecule has 0 spiro atoms. The highest BCUT2D eigenvalue weighted by Crippen LogP contribution is 2.48. The van der Waals surface area contributed by atoms with Crippen LogP contribution < -0.4 is 20.2 Å². The number of carbonyl (C=O) groups excluding carboxylic acids is 1. The number of nitrogens with one attached hydrogen (secondary N) is 1. The molecule has 2 aliphatic heterocycles. The Bertz CT molecular complexity index is 1550. The lowest BCUT2D eigenvalue weighted by Gasteiger charge is -2.32. The number of esters is 1. The number of nitrogens with two attached hydrogens (primary N) is 1. The van der Waals surface area contributed by atoms with E-state index in [-0.39, 0.29) is 11.7 Å². The van der Waals surface area contributed by atoms with Crippen molar-refractivity contribution in [3.8, 4) is 5.75 Å². The molecule has 2 fully saturated rings. The van der Waals surface area contributed by atoms with Crippen LogP contribution in [0.2, 0.25) is 0 Å². The molecule has 4 N–H and O–H groups in total. The van der Waals surface area contributed by atoms with Gasteiger partial charge in [-0.2, -0.15) is 15.1 Å². The fourth-order valence-corrected chi connectivity index (χ4v) is 6.27. The number of imidazole rings is 1. The Kier molecular flexibility index (Phi) is 8.23. The third-order valence-electron chi connectivity index (χ3n) is 7.13. The summed E-state index contributed by atoms with van der Waals surface area (Å²) >= 11 is 0. The molecule has 0 radical (unpaired) electrons. The van der Waals surface area contributed by atoms with Crippen LogP contribution >= 0.6 is 7.75 Å². The van der Waals surface area contributed by atoms with Crippen molar-refractivity contribution in [2.45, 2.75) is 50.3 Å². The maximum atomic E-state index is 13.8. The first kappa shape index (κ1) is 29.5. The van der Waals surface area contributed by atoms with Gasteiger partial charge in [-0.1, -0.05) is 23.3 Å². The Balaban J connectivity index is 1.43. The number of nitrogen functional groups attached to an aromatic ring is 1. The van der Waals surface area contributed by atoms with Crippen LogP contribution in [0.15, 0.2) is 41.8 Å². The zero-order valence-corrected chi connectivity index (χ0v) is 24.0. The van der Waals surface area contributed by atoms with Gasteiger partial charge in [-0.25, -0.2) is 9.55 Å². The average Bonchev–Trinajstić information content (AvgIpc) is 3.45. The van der Waals surface area contributed by atoms with Crippen molar-refractivity contribution in [2.24, 2.45) is 5.11 Å². The quantitative estimate of drug-likeness (QED) is 0.0942. The van der Waals surface area contributed by atoms with E-state index in [1.807, 2.05) is 4.90 Å². The Hall–Kier alpha value is -3.98. The molecular weight excluding hydrogens is 571 g/mol. The molecule has 4 heterocycles. The van der Waals surface area contributed by atoms with Crippen molar-refractivity contribution in [3.05, 3.63) is 47.1 Å². The first-order valence-electron chi connectivity index (χ1n) is 13.1. The Morgan fingerprint density at radius 3 is 2.76 bits per heavy atom. The van der Waals surface area contributed by atoms with Gasteiger partial charge < -0.3 is 29.7 Å². The smallest absolute Gasteiger partial charge is 0.459 e. The minimum Gasteiger partial charge on any atom is -0.468 e. The summed E-state index contributed by atoms with van der Waals surface area (Å²) in [4.78, 5) is 30.1. The molecule has 0 aliphatic carbocycles. The van der Waals surface area contributed by atoms with E-state index in [1.165, 1.54) is 31.9 Å². The van der Waals surface area contributed by atoms with Crippen molar-refractivity contribution in [2.75, 3.05) is 37.4 Å². The number of azide groups is 1. The number of nitrogens with zero attached hydrogens (tertiary/aromatic N) is 8. The molecule has 2 aromatic heterocycles. The monoisotopic (exact) mass is 602 g/mol. The van der Waals surface area contributed by atoms with Crippen molar-refractivity contribution < 1.29 is 33.0 Å². The number of benzene rings is 1. The number of hydrogen-bond donors (Lipinski definition) is 3. The molecule has 1 aromatic carbocycles. The van der Waals surface area contributed by atoms with Crippen molar-refractivity contribution in [1.82, 2.24) is 24.6 Å². The van der Waals surface area contributed by atoms with Crippen molar-refractivity contribution in [3.63, 3.8) is 0 Å². The summed E-state index contributed by atoms with van der Waals surface area (Å²) in [5, 5.41) is 17.7. The van der Waals surface area contributed by atoms with Gasteiger partial charge in [-0.3, -0.25) is 13.9 Å². The number of hydrogen-bond acceptors (Lipinski definition) is 13. The minimum absolute atomic E-state index is 0.0138. The lowest BCUT2D eigenvalue weighted by atomic mass is 9.93. The highest BCUT2D eigenvalue weighted by Gasteiger charge is 2.55. The number of ether oxygens (including phenoxy) is 2. The van der Waals surface area contributed by atoms with Crippen molar-refractivity contribution >= 4 is 36.6 Å². The van der Waals surface area contributed by atoms with Gasteiger partial charge in [-0.15, -0.1) is 0 Å². The van der Waals surface area contributed by atoms with Crippen LogP contribution in [0, 0.1) is 0 Å². The van der Waals surface area contributed by atoms with E-state index in [9.17, 15) is 20.0 Å². The number of rotatable bonds is 11. The average molecular weight is 603 g/mol. The number of para-hydroxylation sites is 1. The Labute approximate surface area is 240 Å². The molecule has 0 bridgehead atoms. The third kappa shape index (κ3) is 5.57. The Morgan fingerprint density at radius 1 is 1.38 bits per heavy atom. The molecule has 17 nitrogen and oxygen atoms in total. The molecule has 0 saturated carbocycles. The van der Waals surface area contributed by atoms with Gasteiger partial charge in [0.2, 0.25) is 5.95 Å². The lowest BCUT2D eigenvalue weighted by Crippen LogP contribution is -2.43. The zero-order chi connectivity index (χ0) is 30.1. The lowest BCUT2D eigenvalue weighted by molar-refractivity contribution is -0.142. The van der Waals surface area contributed by atoms with E-state index in [0.717, 1.165) is 19.5 Å². The maximum absolute atomic E-state index is 13.8. The molecule has 42 heavy (non-hydrogen) atoms. The number of fused-ring (bicyclic) bond motifs is 1. The van der Waals surface area contributed by atoms with E-state index in [4.69, 9.17) is 24.3 Å². The largest absolute Gasteiger partial charge is 0.468 e. The third-order valence-corrected chi connectivity index (χ3v) is 8.77. The van der Waals surface area contributed by atoms with Crippen LogP contribution in [-0.2, 0) is 23.4 Å². The molecule has 3 aromatic rings. The fourth-order valence-electron chi connectivity index (χ4n) is 4.77. The summed E-state index contributed by atoms with van der Waals surface area (Å²) in [5.74, 6) is 0.0841. The van der Waals surface area contributed by atoms with Gasteiger partial charge in [0.25, 0.3) is 0 Å². The van der Waals surface area contributed by atoms with Gasteiger partial charge >= 0.3 is 13.7 Å². The van der Waals surface area contributed by atoms with Crippen LogP contribution in [-0.4, -0.2) is 81.2 Å². The standard InChI is InChI=1S/C24H31N10O7P/c1-14(21(36)38-3)30-42(37,41-15-8-5-4-6-9-15)39-12-16-18(35)24(2,31-32-26)22(40-16)34-13-27-17-19(33-10-7-11-33)28-23(25)29-20(17)34/h4-6,8-9,13-14,16,18,22,35H,7,10-12H2,1-3H3,(H,30,37)(H2,25,28,29)/t14-,16+,18+,22+,24+,42?/m0/s1. The summed E-state index contributed by atoms with van der Waals surface area (Å²) in [6.45, 7) is 4.04. The number of anilines is 2. The molecule has 18 heteroatoms. The highest BCUT2D eigenvalue weighted by molar-refractivity contribution is 7.52. The normalized spacial score (nSPS) is 25.7. The topological polar surface area (TPSA) is 225 Å². The van der Waals surface area contributed by atoms with Gasteiger partial charge in [0.15, 0.2) is 23.2 Å². The molecule has 224 valence electrons. The molecular formula is C24H31N10O7P. The molecule has 5 rings (SSSR count). The summed E-state index contributed by atoms with van der Waals surface area (Å²) in [5.41, 5.74) is 14.6. The molecule has 6 atom stereocenters. The minimum atomic E-state index is -4.25. The summed E-state index contributed by atoms with van der Waals surface area (Å²) in [7, 11) is -3.06. The van der Waals surface area contributed by atoms with Gasteiger partial charge in [-0.05, 0) is 37.9 Å². The maximum Gasteiger partial charge on any atom is 0.459 e. The molecule has 2 saturated heterocycles. The highest BCUT2D eigenvalue weighted by atomic mass is 31.2. The SMILES string of the molecule is COC(=O)[C@H](C)NP(=O)(OC[C@H]1O[C@@H](n2cnc3c(N4CCC4)nc(N)nc32)[C@](C)(N=[N+]=[N-])[C@@H]1O)Oc1ccccc1. The van der Waals surface area contributed by atoms with Crippen molar-refractivity contribution in [1.29, 1.82) is 0 Å². The number of methoxy groups -OCH3 is 1. The van der Waals surface area contributed by atoms with E-state index in [1.54, 1.807) is 30.3 Å². The summed E-state index contributed by atoms with van der Waals surface area (Å²) in [6, 6.07) is 7.13. The van der Waals surface area contributed by atoms with Crippen LogP contribution in [0.25, 0.3) is 21.6 Å². The van der Waals surface area contributed by atoms with E-state index < -0.39 is 50.3 Å². The van der Waals surface area contributed by atoms with Crippen LogP contribution in [0.3, 0.4) is 0 Å². The molecule has 1 unspecified atom stereocenters. The second kappa shape index (κ2) is 11.7.